The highest BCUT2D eigenvalue weighted by molar-refractivity contribution is 5.89. The number of methoxy groups -OCH3 is 1. The number of likely N-dealkylation sites (N-methyl/N-ethyl adjacent to an activating group) is 1. The Hall–Kier alpha value is -3.59. The summed E-state index contributed by atoms with van der Waals surface area (Å²) in [5.74, 6) is 0.992. The molecular formula is C29H42N4O5. The number of carbonyl (C=O) groups excluding carboxylic acids is 3. The maximum Gasteiger partial charge on any atom is 0.240 e. The summed E-state index contributed by atoms with van der Waals surface area (Å²) < 4.78 is 10.9. The average Bonchev–Trinajstić information content (AvgIpc) is 2.92. The van der Waals surface area contributed by atoms with Gasteiger partial charge in [-0.2, -0.15) is 0 Å². The van der Waals surface area contributed by atoms with Crippen LogP contribution in [0.15, 0.2) is 48.5 Å². The van der Waals surface area contributed by atoms with E-state index in [0.29, 0.717) is 26.1 Å². The zero-order chi connectivity index (χ0) is 27.8. The van der Waals surface area contributed by atoms with Crippen LogP contribution in [0.2, 0.25) is 0 Å². The summed E-state index contributed by atoms with van der Waals surface area (Å²) in [6, 6.07) is 15.4. The van der Waals surface area contributed by atoms with E-state index < -0.39 is 0 Å². The predicted octanol–water partition coefficient (Wildman–Crippen LogP) is 2.46. The first-order valence-electron chi connectivity index (χ1n) is 13.2. The van der Waals surface area contributed by atoms with E-state index in [2.05, 4.69) is 22.9 Å². The topological polar surface area (TPSA) is 109 Å². The molecule has 3 N–H and O–H groups in total. The first kappa shape index (κ1) is 30.6. The van der Waals surface area contributed by atoms with Crippen LogP contribution >= 0.6 is 0 Å². The minimum absolute atomic E-state index is 0.0854. The van der Waals surface area contributed by atoms with Crippen LogP contribution in [-0.4, -0.2) is 75.6 Å². The summed E-state index contributed by atoms with van der Waals surface area (Å²) in [5, 5.41) is 8.61. The Morgan fingerprint density at radius 1 is 1.00 bits per heavy atom. The van der Waals surface area contributed by atoms with Gasteiger partial charge in [0.1, 0.15) is 18.1 Å². The van der Waals surface area contributed by atoms with Crippen molar-refractivity contribution in [3.63, 3.8) is 0 Å². The fourth-order valence-corrected chi connectivity index (χ4v) is 3.88. The van der Waals surface area contributed by atoms with Gasteiger partial charge in [-0.3, -0.25) is 14.4 Å². The molecule has 0 aromatic heterocycles. The molecule has 0 fully saturated rings. The third-order valence-corrected chi connectivity index (χ3v) is 6.00. The third kappa shape index (κ3) is 11.2. The Balaban J connectivity index is 0.000000474. The molecule has 1 unspecified atom stereocenters. The highest BCUT2D eigenvalue weighted by Crippen LogP contribution is 2.19. The monoisotopic (exact) mass is 526 g/mol. The van der Waals surface area contributed by atoms with Gasteiger partial charge in [0.15, 0.2) is 0 Å². The predicted molar refractivity (Wildman–Crippen MR) is 148 cm³/mol. The lowest BCUT2D eigenvalue weighted by molar-refractivity contribution is -0.136. The minimum Gasteiger partial charge on any atom is -0.497 e. The third-order valence-electron chi connectivity index (χ3n) is 6.00. The van der Waals surface area contributed by atoms with E-state index >= 15 is 0 Å². The van der Waals surface area contributed by atoms with Crippen LogP contribution < -0.4 is 25.4 Å². The smallest absolute Gasteiger partial charge is 0.240 e. The van der Waals surface area contributed by atoms with Crippen LogP contribution in [0.3, 0.4) is 0 Å². The average molecular weight is 527 g/mol. The Labute approximate surface area is 226 Å². The number of ether oxygens (including phenoxy) is 2. The summed E-state index contributed by atoms with van der Waals surface area (Å²) in [5.41, 5.74) is 2.34. The highest BCUT2D eigenvalue weighted by atomic mass is 16.5. The molecule has 38 heavy (non-hydrogen) atoms. The molecule has 3 rings (SSSR count). The Morgan fingerprint density at radius 3 is 2.45 bits per heavy atom. The number of nitrogens with zero attached hydrogens (tertiary/aromatic N) is 1. The molecule has 0 saturated carbocycles. The molecule has 9 heteroatoms. The van der Waals surface area contributed by atoms with Crippen molar-refractivity contribution >= 4 is 17.7 Å². The lowest BCUT2D eigenvalue weighted by Gasteiger charge is -2.24. The van der Waals surface area contributed by atoms with Crippen molar-refractivity contribution in [3.8, 4) is 11.5 Å². The van der Waals surface area contributed by atoms with Gasteiger partial charge in [0.25, 0.3) is 0 Å². The Bertz CT molecular complexity index is 1010. The van der Waals surface area contributed by atoms with E-state index in [1.165, 1.54) is 10.5 Å². The van der Waals surface area contributed by atoms with Gasteiger partial charge in [-0.1, -0.05) is 49.2 Å². The zero-order valence-electron chi connectivity index (χ0n) is 23.0. The van der Waals surface area contributed by atoms with Crippen molar-refractivity contribution in [1.82, 2.24) is 20.9 Å². The SMILES string of the molecule is CCCC1NCCOc2ccccc2CCCNC(=O)CNC(=O)CN(C)C1=O.COc1ccc(C)cc1. The molecule has 0 saturated heterocycles. The van der Waals surface area contributed by atoms with E-state index in [-0.39, 0.29) is 36.9 Å². The van der Waals surface area contributed by atoms with Crippen LogP contribution in [0.4, 0.5) is 0 Å². The molecule has 3 amide bonds. The summed E-state index contributed by atoms with van der Waals surface area (Å²) >= 11 is 0. The molecule has 2 aromatic rings. The maximum absolute atomic E-state index is 12.7. The van der Waals surface area contributed by atoms with Crippen LogP contribution in [0.1, 0.15) is 37.3 Å². The van der Waals surface area contributed by atoms with Gasteiger partial charge in [-0.15, -0.1) is 0 Å². The van der Waals surface area contributed by atoms with Crippen molar-refractivity contribution in [2.24, 2.45) is 0 Å². The van der Waals surface area contributed by atoms with E-state index in [0.717, 1.165) is 36.3 Å². The number of hydrogen-bond donors (Lipinski definition) is 3. The minimum atomic E-state index is -0.376. The standard InChI is InChI=1S/C21H32N4O4.C8H10O/c1-3-7-17-21(28)25(2)15-20(27)24-14-19(26)23-11-6-9-16-8-4-5-10-18(16)29-13-12-22-17;1-7-3-5-8(9-2)6-4-7/h4-5,8,10,17,22H,3,6-7,9,11-15H2,1-2H3,(H,23,26)(H,24,27);3-6H,1-2H3. The normalized spacial score (nSPS) is 17.8. The fourth-order valence-electron chi connectivity index (χ4n) is 3.88. The molecule has 1 aliphatic heterocycles. The molecular weight excluding hydrogens is 484 g/mol. The summed E-state index contributed by atoms with van der Waals surface area (Å²) in [4.78, 5) is 38.1. The molecule has 2 aromatic carbocycles. The number of amides is 3. The number of nitrogens with one attached hydrogen (secondary N) is 3. The molecule has 0 spiro atoms. The number of para-hydroxylation sites is 1. The lowest BCUT2D eigenvalue weighted by atomic mass is 10.1. The summed E-state index contributed by atoms with van der Waals surface area (Å²) in [6.45, 7) is 5.36. The second kappa shape index (κ2) is 17.0. The molecule has 0 aliphatic carbocycles. The molecule has 9 nitrogen and oxygen atoms in total. The second-order valence-corrected chi connectivity index (χ2v) is 9.19. The van der Waals surface area contributed by atoms with Crippen molar-refractivity contribution in [2.75, 3.05) is 46.9 Å². The summed E-state index contributed by atoms with van der Waals surface area (Å²) in [7, 11) is 3.27. The van der Waals surface area contributed by atoms with Gasteiger partial charge in [0, 0.05) is 20.1 Å². The number of hydrogen-bond acceptors (Lipinski definition) is 6. The Morgan fingerprint density at radius 2 is 1.74 bits per heavy atom. The molecule has 1 heterocycles. The van der Waals surface area contributed by atoms with Crippen LogP contribution in [0.25, 0.3) is 0 Å². The van der Waals surface area contributed by atoms with Crippen molar-refractivity contribution in [1.29, 1.82) is 0 Å². The van der Waals surface area contributed by atoms with Gasteiger partial charge < -0.3 is 30.3 Å². The highest BCUT2D eigenvalue weighted by Gasteiger charge is 2.22. The van der Waals surface area contributed by atoms with Gasteiger partial charge in [0.05, 0.1) is 26.2 Å². The second-order valence-electron chi connectivity index (χ2n) is 9.19. The zero-order valence-corrected chi connectivity index (χ0v) is 23.0. The van der Waals surface area contributed by atoms with Gasteiger partial charge in [0.2, 0.25) is 17.7 Å². The van der Waals surface area contributed by atoms with E-state index in [1.54, 1.807) is 14.2 Å². The Kier molecular flexibility index (Phi) is 13.7. The van der Waals surface area contributed by atoms with E-state index in [1.807, 2.05) is 55.5 Å². The maximum atomic E-state index is 12.7. The van der Waals surface area contributed by atoms with Gasteiger partial charge in [-0.25, -0.2) is 0 Å². The molecule has 0 radical (unpaired) electrons. The van der Waals surface area contributed by atoms with Crippen molar-refractivity contribution < 1.29 is 23.9 Å². The fraction of sp³-hybridized carbons (Fsp3) is 0.483. The van der Waals surface area contributed by atoms with E-state index in [4.69, 9.17) is 9.47 Å². The number of benzene rings is 2. The van der Waals surface area contributed by atoms with Gasteiger partial charge in [-0.05, 0) is 49.9 Å². The van der Waals surface area contributed by atoms with Crippen molar-refractivity contribution in [2.45, 2.75) is 45.6 Å². The molecule has 208 valence electrons. The summed E-state index contributed by atoms with van der Waals surface area (Å²) in [6.07, 6.45) is 3.06. The number of fused-ring (bicyclic) bond motifs is 1. The van der Waals surface area contributed by atoms with E-state index in [9.17, 15) is 14.4 Å². The molecule has 0 bridgehead atoms. The number of aryl methyl sites for hydroxylation is 2. The van der Waals surface area contributed by atoms with Crippen LogP contribution in [-0.2, 0) is 20.8 Å². The first-order valence-corrected chi connectivity index (χ1v) is 13.2. The number of carbonyl (C=O) groups is 3. The van der Waals surface area contributed by atoms with Crippen LogP contribution in [0, 0.1) is 6.92 Å². The molecule has 1 aliphatic rings. The largest absolute Gasteiger partial charge is 0.497 e. The van der Waals surface area contributed by atoms with Gasteiger partial charge >= 0.3 is 0 Å². The quantitative estimate of drug-likeness (QED) is 0.567. The first-order chi connectivity index (χ1) is 18.3. The lowest BCUT2D eigenvalue weighted by Crippen LogP contribution is -2.49. The van der Waals surface area contributed by atoms with Crippen molar-refractivity contribution in [3.05, 3.63) is 59.7 Å². The van der Waals surface area contributed by atoms with Crippen LogP contribution in [0.5, 0.6) is 11.5 Å². The molecule has 1 atom stereocenters. The number of rotatable bonds is 3.